The zero-order valence-electron chi connectivity index (χ0n) is 49.5. The fourth-order valence-electron chi connectivity index (χ4n) is 9.00. The maximum Gasteiger partial charge on any atom is 0.414 e. The highest BCUT2D eigenvalue weighted by molar-refractivity contribution is 7.89. The van der Waals surface area contributed by atoms with E-state index in [-0.39, 0.29) is 18.6 Å². The largest absolute Gasteiger partial charge is 0.491 e. The van der Waals surface area contributed by atoms with Gasteiger partial charge in [0.05, 0.1) is 42.3 Å². The third kappa shape index (κ3) is 19.8. The topological polar surface area (TPSA) is 364 Å². The van der Waals surface area contributed by atoms with Gasteiger partial charge < -0.3 is 68.7 Å². The van der Waals surface area contributed by atoms with Crippen molar-refractivity contribution in [2.24, 2.45) is 10.9 Å². The molecule has 0 bridgehead atoms. The molecular weight excluding hydrogens is 1090 g/mol. The van der Waals surface area contributed by atoms with Crippen molar-refractivity contribution in [2.75, 3.05) is 27.2 Å². The monoisotopic (exact) mass is 1170 g/mol. The van der Waals surface area contributed by atoms with Crippen molar-refractivity contribution in [2.45, 2.75) is 217 Å². The molecule has 1 saturated heterocycles. The number of rotatable bonds is 12. The maximum atomic E-state index is 14.1. The average Bonchev–Trinajstić information content (AvgIpc) is 3.25. The molecule has 5 amide bonds. The second kappa shape index (κ2) is 25.6. The number of hydrogen-bond donors (Lipinski definition) is 7. The molecule has 1 aromatic rings. The number of para-hydroxylation sites is 1. The van der Waals surface area contributed by atoms with Crippen LogP contribution in [0.3, 0.4) is 0 Å². The van der Waals surface area contributed by atoms with E-state index in [2.05, 4.69) is 21.3 Å². The Balaban J connectivity index is 2.00. The summed E-state index contributed by atoms with van der Waals surface area (Å²) in [6, 6.07) is -0.915. The highest BCUT2D eigenvalue weighted by Gasteiger charge is 2.57. The summed E-state index contributed by atoms with van der Waals surface area (Å²) in [5.41, 5.74) is -7.96. The zero-order valence-corrected chi connectivity index (χ0v) is 50.3. The standard InChI is InChI=1S/C52H84N8O20S/c1-47(2,3)76-42(63)54-30-25-31(55-43(64)77-48(4,5)6)38(75-40-36(62)39(52(16,68)27-73-40)59(18)46(67)80-51(13,14)15)35(61)34(30)37-29(53-41(56-44(65)78-49(7,8)9)57-45(66)79-50(10,11)12)24-23-28(74-37)26-58(17)81(71,72)33-22-20-19-21-32(33)60(69)70/h19-23,29-31,34-40,61-62,68H,24-27H2,1-18H3,(H,54,63)(H,55,64)(H2,53,56,57,65,66)/t29-,30+,31-,34?,35+,36-,37+,38+,39-,40-,52+/m1/s1. The molecule has 2 heterocycles. The van der Waals surface area contributed by atoms with Gasteiger partial charge in [0.15, 0.2) is 11.2 Å². The number of sulfonamides is 1. The van der Waals surface area contributed by atoms with E-state index in [1.54, 1.807) is 104 Å². The molecule has 1 aromatic carbocycles. The number of nitro groups is 1. The lowest BCUT2D eigenvalue weighted by molar-refractivity contribution is -0.387. The summed E-state index contributed by atoms with van der Waals surface area (Å²) in [5.74, 6) is -2.22. The Kier molecular flexibility index (Phi) is 21.3. The molecule has 1 saturated carbocycles. The van der Waals surface area contributed by atoms with Crippen LogP contribution in [0.25, 0.3) is 0 Å². The molecule has 0 radical (unpaired) electrons. The van der Waals surface area contributed by atoms with Crippen LogP contribution in [0.4, 0.5) is 29.7 Å². The Morgan fingerprint density at radius 1 is 0.765 bits per heavy atom. The Bertz CT molecular complexity index is 2580. The van der Waals surface area contributed by atoms with Gasteiger partial charge in [-0.3, -0.25) is 20.7 Å². The predicted octanol–water partition coefficient (Wildman–Crippen LogP) is 4.92. The SMILES string of the molecule is CN(C(=O)OC(C)(C)C)[C@@H]1[C@@H](O)[C@@H](O[C@H]2[C@H](NC(=O)OC(C)(C)C)C[C@H](NC(=O)OC(C)(C)C)C([C@H]3OC(CN(C)S(=O)(=O)c4ccccc4[N+](=O)[O-])=CC[C@H]3N=C(NC(=O)OC(C)(C)C)NC(=O)OC(C)(C)C)[C@@H]2O)OC[C@]1(C)O. The van der Waals surface area contributed by atoms with Gasteiger partial charge in [0, 0.05) is 32.1 Å². The molecule has 2 fully saturated rings. The quantitative estimate of drug-likeness (QED) is 0.0480. The second-order valence-electron chi connectivity index (χ2n) is 25.2. The lowest BCUT2D eigenvalue weighted by Gasteiger charge is -2.52. The number of carbonyl (C=O) groups is 5. The molecule has 1 unspecified atom stereocenters. The highest BCUT2D eigenvalue weighted by atomic mass is 32.2. The number of amides is 5. The van der Waals surface area contributed by atoms with Crippen molar-refractivity contribution in [3.63, 3.8) is 0 Å². The number of aliphatic hydroxyl groups excluding tert-OH is 2. The Morgan fingerprint density at radius 2 is 1.25 bits per heavy atom. The maximum absolute atomic E-state index is 14.1. The number of ether oxygens (including phenoxy) is 8. The molecule has 7 N–H and O–H groups in total. The van der Waals surface area contributed by atoms with Crippen molar-refractivity contribution in [3.8, 4) is 0 Å². The van der Waals surface area contributed by atoms with Gasteiger partial charge in [-0.2, -0.15) is 4.31 Å². The van der Waals surface area contributed by atoms with Crippen LogP contribution in [0, 0.1) is 16.0 Å². The number of aliphatic hydroxyl groups is 3. The number of carbonyl (C=O) groups excluding carboxylic acids is 5. The third-order valence-corrected chi connectivity index (χ3v) is 13.8. The molecule has 2 aliphatic heterocycles. The molecule has 458 valence electrons. The third-order valence-electron chi connectivity index (χ3n) is 12.0. The summed E-state index contributed by atoms with van der Waals surface area (Å²) in [5, 5.41) is 59.2. The van der Waals surface area contributed by atoms with Gasteiger partial charge in [0.1, 0.15) is 57.7 Å². The van der Waals surface area contributed by atoms with Crippen LogP contribution in [0.1, 0.15) is 124 Å². The first kappa shape index (κ1) is 67.4. The average molecular weight is 1170 g/mol. The predicted molar refractivity (Wildman–Crippen MR) is 290 cm³/mol. The molecule has 11 atom stereocenters. The van der Waals surface area contributed by atoms with Crippen LogP contribution < -0.4 is 21.3 Å². The number of alkyl carbamates (subject to hydrolysis) is 4. The van der Waals surface area contributed by atoms with Gasteiger partial charge in [-0.1, -0.05) is 12.1 Å². The van der Waals surface area contributed by atoms with E-state index in [1.165, 1.54) is 32.2 Å². The van der Waals surface area contributed by atoms with Gasteiger partial charge in [0.25, 0.3) is 5.69 Å². The van der Waals surface area contributed by atoms with Gasteiger partial charge in [-0.05, 0) is 136 Å². The van der Waals surface area contributed by atoms with E-state index in [4.69, 9.17) is 42.9 Å². The summed E-state index contributed by atoms with van der Waals surface area (Å²) >= 11 is 0. The molecule has 4 rings (SSSR count). The van der Waals surface area contributed by atoms with Gasteiger partial charge in [-0.15, -0.1) is 0 Å². The minimum absolute atomic E-state index is 0.117. The number of nitrogens with one attached hydrogen (secondary N) is 4. The first-order chi connectivity index (χ1) is 36.8. The van der Waals surface area contributed by atoms with Crippen molar-refractivity contribution in [1.29, 1.82) is 0 Å². The smallest absolute Gasteiger partial charge is 0.414 e. The van der Waals surface area contributed by atoms with Crippen molar-refractivity contribution < 1.29 is 90.5 Å². The van der Waals surface area contributed by atoms with Crippen LogP contribution in [0.5, 0.6) is 0 Å². The van der Waals surface area contributed by atoms with E-state index in [0.717, 1.165) is 28.4 Å². The van der Waals surface area contributed by atoms with E-state index in [1.807, 2.05) is 0 Å². The summed E-state index contributed by atoms with van der Waals surface area (Å²) in [4.78, 5) is 84.3. The fraction of sp³-hybridized carbons (Fsp3) is 0.731. The fourth-order valence-corrected chi connectivity index (χ4v) is 10.3. The minimum atomic E-state index is -4.66. The van der Waals surface area contributed by atoms with E-state index in [0.29, 0.717) is 0 Å². The molecular formula is C52H84N8O20S. The zero-order chi connectivity index (χ0) is 61.8. The lowest BCUT2D eigenvalue weighted by Crippen LogP contribution is -2.70. The van der Waals surface area contributed by atoms with Crippen LogP contribution in [0.15, 0.2) is 46.0 Å². The molecule has 1 aliphatic carbocycles. The number of likely N-dealkylation sites (N-methyl/N-ethyl adjacent to an activating group) is 2. The van der Waals surface area contributed by atoms with Crippen LogP contribution in [0.2, 0.25) is 0 Å². The van der Waals surface area contributed by atoms with Crippen LogP contribution >= 0.6 is 0 Å². The number of nitrogens with zero attached hydrogens (tertiary/aromatic N) is 4. The number of guanidine groups is 1. The molecule has 29 heteroatoms. The van der Waals surface area contributed by atoms with Crippen molar-refractivity contribution >= 4 is 52.1 Å². The molecule has 28 nitrogen and oxygen atoms in total. The second-order valence-corrected chi connectivity index (χ2v) is 27.3. The summed E-state index contributed by atoms with van der Waals surface area (Å²) in [6.07, 6.45) is -13.4. The van der Waals surface area contributed by atoms with Crippen LogP contribution in [-0.2, 0) is 47.9 Å². The Labute approximate surface area is 473 Å². The van der Waals surface area contributed by atoms with Crippen molar-refractivity contribution in [1.82, 2.24) is 30.5 Å². The number of nitro benzene ring substituents is 1. The molecule has 0 spiro atoms. The minimum Gasteiger partial charge on any atom is -0.491 e. The Morgan fingerprint density at radius 3 is 1.74 bits per heavy atom. The van der Waals surface area contributed by atoms with E-state index in [9.17, 15) is 57.8 Å². The number of hydrogen-bond acceptors (Lipinski definition) is 21. The number of aliphatic imine (C=N–C) groups is 1. The first-order valence-electron chi connectivity index (χ1n) is 26.2. The van der Waals surface area contributed by atoms with Gasteiger partial charge >= 0.3 is 30.5 Å². The number of benzene rings is 1. The van der Waals surface area contributed by atoms with Gasteiger partial charge in [0.2, 0.25) is 16.0 Å². The Hall–Kier alpha value is -6.11. The van der Waals surface area contributed by atoms with Crippen LogP contribution in [-0.4, -0.2) is 190 Å². The van der Waals surface area contributed by atoms with Gasteiger partial charge in [-0.25, -0.2) is 37.4 Å². The summed E-state index contributed by atoms with van der Waals surface area (Å²) in [7, 11) is -2.24. The lowest BCUT2D eigenvalue weighted by atomic mass is 9.72. The molecule has 3 aliphatic rings. The summed E-state index contributed by atoms with van der Waals surface area (Å²) < 4.78 is 76.0. The van der Waals surface area contributed by atoms with E-state index >= 15 is 0 Å². The molecule has 0 aromatic heterocycles. The summed E-state index contributed by atoms with van der Waals surface area (Å²) in [6.45, 7) is 24.0. The first-order valence-corrected chi connectivity index (χ1v) is 27.6. The molecule has 81 heavy (non-hydrogen) atoms. The normalized spacial score (nSPS) is 26.5. The van der Waals surface area contributed by atoms with E-state index < -0.39 is 170 Å². The van der Waals surface area contributed by atoms with Crippen molar-refractivity contribution in [3.05, 3.63) is 46.2 Å². The highest BCUT2D eigenvalue weighted by Crippen LogP contribution is 2.40.